The van der Waals surface area contributed by atoms with Gasteiger partial charge >= 0.3 is 0 Å². The highest BCUT2D eigenvalue weighted by molar-refractivity contribution is 7.18. The molecule has 0 saturated heterocycles. The molecular weight excluding hydrogens is 432 g/mol. The molecule has 0 bridgehead atoms. The van der Waals surface area contributed by atoms with Gasteiger partial charge in [0.1, 0.15) is 10.6 Å². The van der Waals surface area contributed by atoms with Crippen molar-refractivity contribution in [3.63, 3.8) is 0 Å². The van der Waals surface area contributed by atoms with Crippen LogP contribution >= 0.6 is 22.9 Å². The van der Waals surface area contributed by atoms with Gasteiger partial charge in [-0.3, -0.25) is 14.9 Å². The average molecular weight is 449 g/mol. The lowest BCUT2D eigenvalue weighted by Gasteiger charge is -2.15. The molecule has 0 aliphatic rings. The third-order valence-corrected chi connectivity index (χ3v) is 5.37. The number of nitro groups is 1. The summed E-state index contributed by atoms with van der Waals surface area (Å²) in [4.78, 5) is 27.5. The monoisotopic (exact) mass is 448 g/mol. The van der Waals surface area contributed by atoms with E-state index >= 15 is 0 Å². The number of nitrogens with one attached hydrogen (secondary N) is 1. The minimum Gasteiger partial charge on any atom is -0.365 e. The van der Waals surface area contributed by atoms with E-state index in [2.05, 4.69) is 10.3 Å². The number of aromatic nitrogens is 1. The number of nitrogens with two attached hydrogens (primary N) is 1. The van der Waals surface area contributed by atoms with Crippen LogP contribution in [-0.4, -0.2) is 30.0 Å². The number of nitrogens with zero attached hydrogens (tertiary/aromatic N) is 2. The number of carbonyl (C=O) groups is 1. The van der Waals surface area contributed by atoms with Crippen molar-refractivity contribution in [2.75, 3.05) is 19.5 Å². The minimum absolute atomic E-state index is 0.170. The van der Waals surface area contributed by atoms with E-state index in [-0.39, 0.29) is 21.4 Å². The predicted molar refractivity (Wildman–Crippen MR) is 114 cm³/mol. The van der Waals surface area contributed by atoms with Gasteiger partial charge in [0, 0.05) is 36.4 Å². The minimum atomic E-state index is -0.701. The Morgan fingerprint density at radius 3 is 2.47 bits per heavy atom. The molecule has 9 nitrogen and oxygen atoms in total. The molecule has 11 heteroatoms. The van der Waals surface area contributed by atoms with Crippen molar-refractivity contribution in [1.29, 1.82) is 0 Å². The molecule has 3 N–H and O–H groups in total. The second kappa shape index (κ2) is 9.18. The van der Waals surface area contributed by atoms with Crippen LogP contribution in [0, 0.1) is 10.1 Å². The van der Waals surface area contributed by atoms with Crippen molar-refractivity contribution in [3.8, 4) is 11.3 Å². The molecule has 3 rings (SSSR count). The van der Waals surface area contributed by atoms with Crippen molar-refractivity contribution in [2.24, 2.45) is 5.73 Å². The molecule has 0 radical (unpaired) electrons. The normalized spacial score (nSPS) is 10.9. The fourth-order valence-corrected chi connectivity index (χ4v) is 3.77. The summed E-state index contributed by atoms with van der Waals surface area (Å²) in [6.45, 7) is 0. The maximum atomic E-state index is 11.9. The SMILES string of the molecule is COC(OC)c1ccc([N+](=O)[O-])c(Nc2nc(-c3ccc(Cl)cc3)c(C(N)=O)s2)c1. The van der Waals surface area contributed by atoms with E-state index in [1.165, 1.54) is 32.4 Å². The molecule has 0 aliphatic carbocycles. The first-order chi connectivity index (χ1) is 14.3. The molecule has 0 spiro atoms. The smallest absolute Gasteiger partial charge is 0.292 e. The Bertz CT molecular complexity index is 1080. The number of nitro benzene ring substituents is 1. The van der Waals surface area contributed by atoms with Crippen LogP contribution in [0.3, 0.4) is 0 Å². The van der Waals surface area contributed by atoms with E-state index in [4.69, 9.17) is 26.8 Å². The quantitative estimate of drug-likeness (QED) is 0.294. The molecule has 0 saturated carbocycles. The van der Waals surface area contributed by atoms with Gasteiger partial charge in [-0.1, -0.05) is 35.1 Å². The number of hydrogen-bond acceptors (Lipinski definition) is 8. The Balaban J connectivity index is 2.04. The fraction of sp³-hybridized carbons (Fsp3) is 0.158. The average Bonchev–Trinajstić information content (AvgIpc) is 3.13. The van der Waals surface area contributed by atoms with E-state index in [1.807, 2.05) is 0 Å². The third kappa shape index (κ3) is 4.57. The highest BCUT2D eigenvalue weighted by atomic mass is 35.5. The van der Waals surface area contributed by atoms with Crippen LogP contribution in [0.25, 0.3) is 11.3 Å². The van der Waals surface area contributed by atoms with Gasteiger partial charge in [-0.2, -0.15) is 0 Å². The maximum Gasteiger partial charge on any atom is 0.292 e. The Morgan fingerprint density at radius 1 is 1.23 bits per heavy atom. The summed E-state index contributed by atoms with van der Waals surface area (Å²) in [5.41, 5.74) is 7.06. The van der Waals surface area contributed by atoms with Crippen molar-refractivity contribution in [3.05, 3.63) is 68.0 Å². The molecule has 0 atom stereocenters. The highest BCUT2D eigenvalue weighted by Crippen LogP contribution is 2.36. The summed E-state index contributed by atoms with van der Waals surface area (Å²) in [5.74, 6) is -0.660. The molecule has 2 aromatic carbocycles. The Morgan fingerprint density at radius 2 is 1.90 bits per heavy atom. The standard InChI is InChI=1S/C19H17ClN4O5S/c1-28-18(29-2)11-5-8-14(24(26)27)13(9-11)22-19-23-15(16(30-19)17(21)25)10-3-6-12(20)7-4-10/h3-9,18H,1-2H3,(H2,21,25)(H,22,23). The van der Waals surface area contributed by atoms with Gasteiger partial charge in [-0.05, 0) is 24.3 Å². The molecule has 0 unspecified atom stereocenters. The fourth-order valence-electron chi connectivity index (χ4n) is 2.79. The van der Waals surface area contributed by atoms with Crippen LogP contribution in [-0.2, 0) is 9.47 Å². The van der Waals surface area contributed by atoms with Crippen LogP contribution in [0.2, 0.25) is 5.02 Å². The van der Waals surface area contributed by atoms with E-state index in [0.717, 1.165) is 11.3 Å². The molecule has 156 valence electrons. The lowest BCUT2D eigenvalue weighted by molar-refractivity contribution is -0.383. The van der Waals surface area contributed by atoms with Crippen LogP contribution in [0.15, 0.2) is 42.5 Å². The number of ether oxygens (including phenoxy) is 2. The maximum absolute atomic E-state index is 11.9. The summed E-state index contributed by atoms with van der Waals surface area (Å²) < 4.78 is 10.4. The summed E-state index contributed by atoms with van der Waals surface area (Å²) >= 11 is 6.91. The molecule has 0 fully saturated rings. The van der Waals surface area contributed by atoms with Crippen LogP contribution < -0.4 is 11.1 Å². The first-order valence-corrected chi connectivity index (χ1v) is 9.71. The number of thiazole rings is 1. The summed E-state index contributed by atoms with van der Waals surface area (Å²) in [5, 5.41) is 15.2. The van der Waals surface area contributed by atoms with Gasteiger partial charge in [-0.25, -0.2) is 4.98 Å². The zero-order chi connectivity index (χ0) is 21.8. The molecule has 3 aromatic rings. The number of hydrogen-bond donors (Lipinski definition) is 2. The third-order valence-electron chi connectivity index (χ3n) is 4.13. The van der Waals surface area contributed by atoms with Crippen molar-refractivity contribution in [2.45, 2.75) is 6.29 Å². The van der Waals surface area contributed by atoms with Crippen LogP contribution in [0.1, 0.15) is 21.5 Å². The summed E-state index contributed by atoms with van der Waals surface area (Å²) in [6.07, 6.45) is -0.701. The van der Waals surface area contributed by atoms with Gasteiger partial charge in [0.05, 0.1) is 10.6 Å². The number of carbonyl (C=O) groups excluding carboxylic acids is 1. The van der Waals surface area contributed by atoms with Crippen LogP contribution in [0.4, 0.5) is 16.5 Å². The molecule has 1 heterocycles. The lowest BCUT2D eigenvalue weighted by Crippen LogP contribution is -2.10. The van der Waals surface area contributed by atoms with E-state index in [1.54, 1.807) is 24.3 Å². The number of halogens is 1. The lowest BCUT2D eigenvalue weighted by atomic mass is 10.1. The van der Waals surface area contributed by atoms with Gasteiger partial charge in [0.25, 0.3) is 11.6 Å². The topological polar surface area (TPSA) is 130 Å². The Labute approximate surface area is 180 Å². The van der Waals surface area contributed by atoms with Gasteiger partial charge in [-0.15, -0.1) is 0 Å². The van der Waals surface area contributed by atoms with E-state index in [0.29, 0.717) is 21.8 Å². The van der Waals surface area contributed by atoms with Gasteiger partial charge in [0.15, 0.2) is 11.4 Å². The number of methoxy groups -OCH3 is 2. The second-order valence-electron chi connectivity index (χ2n) is 6.03. The molecule has 0 aliphatic heterocycles. The first-order valence-electron chi connectivity index (χ1n) is 8.51. The van der Waals surface area contributed by atoms with Crippen molar-refractivity contribution < 1.29 is 19.2 Å². The molecular formula is C19H17ClN4O5S. The Hall–Kier alpha value is -3.05. The van der Waals surface area contributed by atoms with E-state index < -0.39 is 17.1 Å². The second-order valence-corrected chi connectivity index (χ2v) is 7.47. The van der Waals surface area contributed by atoms with Gasteiger partial charge in [0.2, 0.25) is 0 Å². The van der Waals surface area contributed by atoms with Crippen molar-refractivity contribution >= 4 is 45.4 Å². The van der Waals surface area contributed by atoms with Crippen molar-refractivity contribution in [1.82, 2.24) is 4.98 Å². The van der Waals surface area contributed by atoms with Crippen LogP contribution in [0.5, 0.6) is 0 Å². The molecule has 30 heavy (non-hydrogen) atoms. The zero-order valence-corrected chi connectivity index (χ0v) is 17.5. The number of primary amides is 1. The molecule has 1 aromatic heterocycles. The summed E-state index contributed by atoms with van der Waals surface area (Å²) in [6, 6.07) is 11.2. The highest BCUT2D eigenvalue weighted by Gasteiger charge is 2.22. The predicted octanol–water partition coefficient (Wildman–Crippen LogP) is 4.51. The zero-order valence-electron chi connectivity index (χ0n) is 15.9. The Kier molecular flexibility index (Phi) is 6.63. The number of rotatable bonds is 8. The first kappa shape index (κ1) is 21.7. The van der Waals surface area contributed by atoms with E-state index in [9.17, 15) is 14.9 Å². The number of benzene rings is 2. The number of amides is 1. The summed E-state index contributed by atoms with van der Waals surface area (Å²) in [7, 11) is 2.92. The van der Waals surface area contributed by atoms with Gasteiger partial charge < -0.3 is 20.5 Å². The molecule has 1 amide bonds. The largest absolute Gasteiger partial charge is 0.365 e. The number of anilines is 2.